The number of H-pyrrole nitrogens is 1. The van der Waals surface area contributed by atoms with Gasteiger partial charge in [-0.1, -0.05) is 30.0 Å². The van der Waals surface area contributed by atoms with Gasteiger partial charge in [0.15, 0.2) is 16.7 Å². The second-order valence-electron chi connectivity index (χ2n) is 7.80. The summed E-state index contributed by atoms with van der Waals surface area (Å²) in [7, 11) is 1.79. The van der Waals surface area contributed by atoms with E-state index in [1.165, 1.54) is 16.4 Å². The summed E-state index contributed by atoms with van der Waals surface area (Å²) in [6.45, 7) is 1.81. The first-order chi connectivity index (χ1) is 17.0. The van der Waals surface area contributed by atoms with Gasteiger partial charge in [-0.15, -0.1) is 0 Å². The van der Waals surface area contributed by atoms with Crippen LogP contribution >= 0.6 is 11.8 Å². The number of aromatic nitrogens is 4. The van der Waals surface area contributed by atoms with Crippen LogP contribution in [0, 0.1) is 6.92 Å². The standard InChI is InChI=1S/C25H23N5O4S/c1-16-21(24(32)30(29(16)2)17-8-4-3-5-9-17)26-20(31)12-15-35-25-27-22(18-10-6-13-33-18)23(28-25)19-11-7-14-34-19/h3-11,13-14H,12,15H2,1-2H3,(H,26,31)(H,27,28). The van der Waals surface area contributed by atoms with E-state index < -0.39 is 0 Å². The third-order valence-corrected chi connectivity index (χ3v) is 6.47. The molecule has 0 saturated heterocycles. The molecule has 0 atom stereocenters. The van der Waals surface area contributed by atoms with Crippen molar-refractivity contribution >= 4 is 23.4 Å². The maximum Gasteiger partial charge on any atom is 0.295 e. The topological polar surface area (TPSA) is 111 Å². The average Bonchev–Trinajstić information content (AvgIpc) is 3.66. The third kappa shape index (κ3) is 4.47. The SMILES string of the molecule is Cc1c(NC(=O)CCSc2nc(-c3ccco3)c(-c3ccco3)[nH]2)c(=O)n(-c2ccccc2)n1C. The largest absolute Gasteiger partial charge is 0.463 e. The summed E-state index contributed by atoms with van der Waals surface area (Å²) in [5.74, 6) is 1.48. The Morgan fingerprint density at radius 1 is 1.06 bits per heavy atom. The van der Waals surface area contributed by atoms with Crippen molar-refractivity contribution in [3.8, 4) is 28.6 Å². The number of carbonyl (C=O) groups excluding carboxylic acids is 1. The Labute approximate surface area is 204 Å². The Balaban J connectivity index is 1.27. The quantitative estimate of drug-likeness (QED) is 0.302. The maximum absolute atomic E-state index is 13.0. The van der Waals surface area contributed by atoms with Crippen LogP contribution in [0.15, 0.2) is 85.9 Å². The van der Waals surface area contributed by atoms with Crippen LogP contribution in [0.4, 0.5) is 5.69 Å². The highest BCUT2D eigenvalue weighted by Gasteiger charge is 2.20. The van der Waals surface area contributed by atoms with Gasteiger partial charge in [0.05, 0.1) is 23.9 Å². The summed E-state index contributed by atoms with van der Waals surface area (Å²) in [6, 6.07) is 16.6. The molecule has 0 spiro atoms. The highest BCUT2D eigenvalue weighted by atomic mass is 32.2. The number of anilines is 1. The Bertz CT molecular complexity index is 1440. The minimum atomic E-state index is -0.269. The zero-order valence-corrected chi connectivity index (χ0v) is 20.0. The van der Waals surface area contributed by atoms with E-state index in [0.29, 0.717) is 39.5 Å². The van der Waals surface area contributed by atoms with E-state index in [0.717, 1.165) is 5.69 Å². The monoisotopic (exact) mass is 489 g/mol. The molecule has 5 rings (SSSR count). The minimum Gasteiger partial charge on any atom is -0.463 e. The van der Waals surface area contributed by atoms with E-state index in [9.17, 15) is 9.59 Å². The summed E-state index contributed by atoms with van der Waals surface area (Å²) in [6.07, 6.45) is 3.39. The molecular formula is C25H23N5O4S. The number of para-hydroxylation sites is 1. The zero-order chi connectivity index (χ0) is 24.4. The Morgan fingerprint density at radius 2 is 1.77 bits per heavy atom. The molecule has 0 unspecified atom stereocenters. The number of hydrogen-bond donors (Lipinski definition) is 2. The number of imidazole rings is 1. The fourth-order valence-electron chi connectivity index (χ4n) is 3.77. The van der Waals surface area contributed by atoms with Crippen molar-refractivity contribution in [2.24, 2.45) is 7.05 Å². The Kier molecular flexibility index (Phi) is 6.19. The van der Waals surface area contributed by atoms with Crippen molar-refractivity contribution in [1.82, 2.24) is 19.3 Å². The molecular weight excluding hydrogens is 466 g/mol. The number of hydrogen-bond acceptors (Lipinski definition) is 6. The van der Waals surface area contributed by atoms with E-state index in [1.54, 1.807) is 43.3 Å². The Morgan fingerprint density at radius 3 is 2.46 bits per heavy atom. The molecule has 0 aliphatic carbocycles. The minimum absolute atomic E-state index is 0.205. The molecule has 2 N–H and O–H groups in total. The van der Waals surface area contributed by atoms with E-state index >= 15 is 0 Å². The maximum atomic E-state index is 13.0. The molecule has 35 heavy (non-hydrogen) atoms. The molecule has 0 fully saturated rings. The van der Waals surface area contributed by atoms with E-state index in [2.05, 4.69) is 15.3 Å². The molecule has 0 radical (unpaired) electrons. The number of amides is 1. The molecule has 0 aliphatic heterocycles. The highest BCUT2D eigenvalue weighted by Crippen LogP contribution is 2.33. The molecule has 178 valence electrons. The summed E-state index contributed by atoms with van der Waals surface area (Å²) >= 11 is 1.40. The molecule has 9 nitrogen and oxygen atoms in total. The van der Waals surface area contributed by atoms with Gasteiger partial charge in [0.2, 0.25) is 5.91 Å². The first-order valence-corrected chi connectivity index (χ1v) is 12.0. The molecule has 1 aromatic carbocycles. The predicted molar refractivity (Wildman–Crippen MR) is 134 cm³/mol. The molecule has 1 amide bonds. The Hall–Kier alpha value is -4.18. The van der Waals surface area contributed by atoms with Crippen molar-refractivity contribution in [3.05, 3.63) is 83.2 Å². The van der Waals surface area contributed by atoms with Crippen molar-refractivity contribution in [2.75, 3.05) is 11.1 Å². The van der Waals surface area contributed by atoms with Gasteiger partial charge in [-0.25, -0.2) is 9.67 Å². The lowest BCUT2D eigenvalue weighted by Gasteiger charge is -2.07. The van der Waals surface area contributed by atoms with Crippen LogP contribution < -0.4 is 10.9 Å². The second kappa shape index (κ2) is 9.59. The van der Waals surface area contributed by atoms with Crippen molar-refractivity contribution < 1.29 is 13.6 Å². The smallest absolute Gasteiger partial charge is 0.295 e. The van der Waals surface area contributed by atoms with Gasteiger partial charge < -0.3 is 19.1 Å². The van der Waals surface area contributed by atoms with Gasteiger partial charge in [-0.3, -0.25) is 14.3 Å². The molecule has 0 aliphatic rings. The summed E-state index contributed by atoms with van der Waals surface area (Å²) in [4.78, 5) is 33.5. The fraction of sp³-hybridized carbons (Fsp3) is 0.160. The van der Waals surface area contributed by atoms with Crippen molar-refractivity contribution in [3.63, 3.8) is 0 Å². The number of nitrogens with one attached hydrogen (secondary N) is 2. The summed E-state index contributed by atoms with van der Waals surface area (Å²) in [5.41, 5.74) is 2.77. The number of rotatable bonds is 8. The lowest BCUT2D eigenvalue weighted by atomic mass is 10.2. The summed E-state index contributed by atoms with van der Waals surface area (Å²) in [5, 5.41) is 3.43. The normalized spacial score (nSPS) is 11.1. The van der Waals surface area contributed by atoms with Crippen LogP contribution in [0.25, 0.3) is 28.6 Å². The van der Waals surface area contributed by atoms with Crippen LogP contribution in [-0.2, 0) is 11.8 Å². The molecule has 0 bridgehead atoms. The number of furan rings is 2. The van der Waals surface area contributed by atoms with Crippen LogP contribution in [-0.4, -0.2) is 31.0 Å². The van der Waals surface area contributed by atoms with Crippen molar-refractivity contribution in [2.45, 2.75) is 18.5 Å². The van der Waals surface area contributed by atoms with Crippen LogP contribution in [0.5, 0.6) is 0 Å². The number of carbonyl (C=O) groups is 1. The average molecular weight is 490 g/mol. The lowest BCUT2D eigenvalue weighted by Crippen LogP contribution is -2.23. The first-order valence-electron chi connectivity index (χ1n) is 11.0. The van der Waals surface area contributed by atoms with Gasteiger partial charge in [-0.2, -0.15) is 0 Å². The molecule has 0 saturated carbocycles. The molecule has 10 heteroatoms. The first kappa shape index (κ1) is 22.6. The van der Waals surface area contributed by atoms with E-state index in [4.69, 9.17) is 8.83 Å². The fourth-order valence-corrected chi connectivity index (χ4v) is 4.58. The zero-order valence-electron chi connectivity index (χ0n) is 19.1. The third-order valence-electron chi connectivity index (χ3n) is 5.59. The van der Waals surface area contributed by atoms with Crippen LogP contribution in [0.2, 0.25) is 0 Å². The second-order valence-corrected chi connectivity index (χ2v) is 8.89. The molecule has 4 heterocycles. The van der Waals surface area contributed by atoms with Gasteiger partial charge in [0.25, 0.3) is 5.56 Å². The number of aromatic amines is 1. The lowest BCUT2D eigenvalue weighted by molar-refractivity contribution is -0.115. The van der Waals surface area contributed by atoms with Gasteiger partial charge >= 0.3 is 0 Å². The van der Waals surface area contributed by atoms with E-state index in [1.807, 2.05) is 42.5 Å². The molecule has 5 aromatic rings. The van der Waals surface area contributed by atoms with Gasteiger partial charge in [0.1, 0.15) is 17.1 Å². The number of nitrogens with zero attached hydrogens (tertiary/aromatic N) is 3. The van der Waals surface area contributed by atoms with Crippen LogP contribution in [0.1, 0.15) is 12.1 Å². The molecule has 4 aromatic heterocycles. The van der Waals surface area contributed by atoms with E-state index in [-0.39, 0.29) is 23.6 Å². The van der Waals surface area contributed by atoms with Gasteiger partial charge in [-0.05, 0) is 43.3 Å². The number of benzene rings is 1. The summed E-state index contributed by atoms with van der Waals surface area (Å²) < 4.78 is 14.3. The van der Waals surface area contributed by atoms with Crippen molar-refractivity contribution in [1.29, 1.82) is 0 Å². The van der Waals surface area contributed by atoms with Crippen LogP contribution in [0.3, 0.4) is 0 Å². The number of thioether (sulfide) groups is 1. The highest BCUT2D eigenvalue weighted by molar-refractivity contribution is 7.99. The predicted octanol–water partition coefficient (Wildman–Crippen LogP) is 4.85. The van der Waals surface area contributed by atoms with Gasteiger partial charge in [0, 0.05) is 19.2 Å².